The molecule has 1 aromatic carbocycles. The first-order valence-electron chi connectivity index (χ1n) is 6.94. The SMILES string of the molecule is CCOC(=O)CSc1nc2ccccc2c(=O)n1CCOC. The number of hydrogen-bond donors (Lipinski definition) is 0. The number of ether oxygens (including phenoxy) is 2. The van der Waals surface area contributed by atoms with E-state index in [0.717, 1.165) is 0 Å². The fourth-order valence-electron chi connectivity index (χ4n) is 1.96. The Morgan fingerprint density at radius 3 is 2.86 bits per heavy atom. The Balaban J connectivity index is 2.36. The molecular formula is C15H18N2O4S. The van der Waals surface area contributed by atoms with Crippen LogP contribution in [-0.4, -0.2) is 41.6 Å². The van der Waals surface area contributed by atoms with Gasteiger partial charge in [0.15, 0.2) is 5.16 Å². The van der Waals surface area contributed by atoms with Crippen LogP contribution in [0.25, 0.3) is 10.9 Å². The molecule has 0 radical (unpaired) electrons. The number of thioether (sulfide) groups is 1. The first kappa shape index (κ1) is 16.5. The van der Waals surface area contributed by atoms with E-state index in [1.807, 2.05) is 6.07 Å². The Hall–Kier alpha value is -1.86. The van der Waals surface area contributed by atoms with Gasteiger partial charge >= 0.3 is 5.97 Å². The van der Waals surface area contributed by atoms with Crippen molar-refractivity contribution in [3.05, 3.63) is 34.6 Å². The highest BCUT2D eigenvalue weighted by atomic mass is 32.2. The van der Waals surface area contributed by atoms with Gasteiger partial charge in [-0.05, 0) is 19.1 Å². The summed E-state index contributed by atoms with van der Waals surface area (Å²) in [6, 6.07) is 7.16. The van der Waals surface area contributed by atoms with Crippen LogP contribution in [0.3, 0.4) is 0 Å². The maximum atomic E-state index is 12.6. The average Bonchev–Trinajstić information content (AvgIpc) is 2.52. The standard InChI is InChI=1S/C15H18N2O4S/c1-3-21-13(18)10-22-15-16-12-7-5-4-6-11(12)14(19)17(15)8-9-20-2/h4-7H,3,8-10H2,1-2H3. The van der Waals surface area contributed by atoms with Gasteiger partial charge in [-0.15, -0.1) is 0 Å². The van der Waals surface area contributed by atoms with Gasteiger partial charge in [0.05, 0.1) is 36.4 Å². The zero-order valence-electron chi connectivity index (χ0n) is 12.6. The number of carbonyl (C=O) groups is 1. The predicted molar refractivity (Wildman–Crippen MR) is 85.2 cm³/mol. The number of carbonyl (C=O) groups excluding carboxylic acids is 1. The molecule has 0 atom stereocenters. The minimum Gasteiger partial charge on any atom is -0.465 e. The number of benzene rings is 1. The lowest BCUT2D eigenvalue weighted by molar-refractivity contribution is -0.139. The molecule has 22 heavy (non-hydrogen) atoms. The molecule has 0 fully saturated rings. The van der Waals surface area contributed by atoms with Gasteiger partial charge in [-0.3, -0.25) is 14.2 Å². The third-order valence-corrected chi connectivity index (χ3v) is 3.92. The molecule has 0 saturated carbocycles. The van der Waals surface area contributed by atoms with Crippen LogP contribution in [-0.2, 0) is 20.8 Å². The van der Waals surface area contributed by atoms with Crippen molar-refractivity contribution in [2.45, 2.75) is 18.6 Å². The van der Waals surface area contributed by atoms with Crippen LogP contribution in [0.1, 0.15) is 6.92 Å². The lowest BCUT2D eigenvalue weighted by atomic mass is 10.2. The second-order valence-electron chi connectivity index (χ2n) is 4.45. The summed E-state index contributed by atoms with van der Waals surface area (Å²) in [5.74, 6) is -0.209. The quantitative estimate of drug-likeness (QED) is 0.439. The molecule has 0 amide bonds. The molecule has 1 heterocycles. The molecule has 2 rings (SSSR count). The van der Waals surface area contributed by atoms with Gasteiger partial charge in [-0.25, -0.2) is 4.98 Å². The van der Waals surface area contributed by atoms with E-state index in [9.17, 15) is 9.59 Å². The number of aromatic nitrogens is 2. The summed E-state index contributed by atoms with van der Waals surface area (Å²) in [5.41, 5.74) is 0.488. The molecule has 2 aromatic rings. The van der Waals surface area contributed by atoms with Crippen molar-refractivity contribution in [3.63, 3.8) is 0 Å². The van der Waals surface area contributed by atoms with E-state index >= 15 is 0 Å². The smallest absolute Gasteiger partial charge is 0.316 e. The largest absolute Gasteiger partial charge is 0.465 e. The Morgan fingerprint density at radius 1 is 1.36 bits per heavy atom. The van der Waals surface area contributed by atoms with Gasteiger partial charge in [0.25, 0.3) is 5.56 Å². The molecule has 0 aliphatic heterocycles. The van der Waals surface area contributed by atoms with Gasteiger partial charge in [-0.1, -0.05) is 23.9 Å². The molecule has 1 aromatic heterocycles. The molecule has 0 unspecified atom stereocenters. The van der Waals surface area contributed by atoms with Gasteiger partial charge in [0.2, 0.25) is 0 Å². The molecule has 0 spiro atoms. The number of esters is 1. The molecule has 6 nitrogen and oxygen atoms in total. The third kappa shape index (κ3) is 3.86. The highest BCUT2D eigenvalue weighted by Crippen LogP contribution is 2.18. The van der Waals surface area contributed by atoms with Crippen molar-refractivity contribution in [3.8, 4) is 0 Å². The monoisotopic (exact) mass is 322 g/mol. The van der Waals surface area contributed by atoms with Gasteiger partial charge in [0, 0.05) is 7.11 Å². The maximum Gasteiger partial charge on any atom is 0.316 e. The normalized spacial score (nSPS) is 10.8. The van der Waals surface area contributed by atoms with Gasteiger partial charge in [0.1, 0.15) is 0 Å². The summed E-state index contributed by atoms with van der Waals surface area (Å²) in [6.45, 7) is 2.87. The van der Waals surface area contributed by atoms with E-state index in [1.54, 1.807) is 32.2 Å². The summed E-state index contributed by atoms with van der Waals surface area (Å²) in [7, 11) is 1.57. The second kappa shape index (κ2) is 7.95. The summed E-state index contributed by atoms with van der Waals surface area (Å²) in [6.07, 6.45) is 0. The van der Waals surface area contributed by atoms with E-state index in [0.29, 0.717) is 35.8 Å². The van der Waals surface area contributed by atoms with Crippen molar-refractivity contribution >= 4 is 28.6 Å². The number of hydrogen-bond acceptors (Lipinski definition) is 6. The van der Waals surface area contributed by atoms with E-state index in [2.05, 4.69) is 4.98 Å². The number of nitrogens with zero attached hydrogens (tertiary/aromatic N) is 2. The third-order valence-electron chi connectivity index (χ3n) is 2.97. The number of fused-ring (bicyclic) bond motifs is 1. The van der Waals surface area contributed by atoms with E-state index < -0.39 is 0 Å². The minimum absolute atomic E-state index is 0.117. The number of para-hydroxylation sites is 1. The zero-order chi connectivity index (χ0) is 15.9. The summed E-state index contributed by atoms with van der Waals surface area (Å²) in [4.78, 5) is 28.6. The molecule has 0 saturated heterocycles. The molecule has 0 aliphatic rings. The zero-order valence-corrected chi connectivity index (χ0v) is 13.4. The minimum atomic E-state index is -0.326. The van der Waals surface area contributed by atoms with Crippen molar-refractivity contribution < 1.29 is 14.3 Å². The summed E-state index contributed by atoms with van der Waals surface area (Å²) >= 11 is 1.20. The molecular weight excluding hydrogens is 304 g/mol. The van der Waals surface area contributed by atoms with Crippen LogP contribution in [0.4, 0.5) is 0 Å². The molecule has 0 aliphatic carbocycles. The van der Waals surface area contributed by atoms with Crippen molar-refractivity contribution in [1.82, 2.24) is 9.55 Å². The summed E-state index contributed by atoms with van der Waals surface area (Å²) < 4.78 is 11.5. The van der Waals surface area contributed by atoms with E-state index in [1.165, 1.54) is 16.3 Å². The number of rotatable bonds is 7. The van der Waals surface area contributed by atoms with Crippen LogP contribution < -0.4 is 5.56 Å². The van der Waals surface area contributed by atoms with Crippen LogP contribution in [0, 0.1) is 0 Å². The Bertz CT molecular complexity index is 714. The summed E-state index contributed by atoms with van der Waals surface area (Å²) in [5, 5.41) is 1.05. The molecule has 0 N–H and O–H groups in total. The Labute approximate surface area is 132 Å². The fraction of sp³-hybridized carbons (Fsp3) is 0.400. The average molecular weight is 322 g/mol. The highest BCUT2D eigenvalue weighted by Gasteiger charge is 2.13. The fourth-order valence-corrected chi connectivity index (χ4v) is 2.79. The Kier molecular flexibility index (Phi) is 5.97. The highest BCUT2D eigenvalue weighted by molar-refractivity contribution is 7.99. The second-order valence-corrected chi connectivity index (χ2v) is 5.40. The number of methoxy groups -OCH3 is 1. The topological polar surface area (TPSA) is 70.4 Å². The molecule has 0 bridgehead atoms. The lowest BCUT2D eigenvalue weighted by Gasteiger charge is -2.12. The lowest BCUT2D eigenvalue weighted by Crippen LogP contribution is -2.25. The maximum absolute atomic E-state index is 12.6. The molecule has 118 valence electrons. The van der Waals surface area contributed by atoms with Gasteiger partial charge < -0.3 is 9.47 Å². The van der Waals surface area contributed by atoms with Crippen LogP contribution in [0.2, 0.25) is 0 Å². The predicted octanol–water partition coefficient (Wildman–Crippen LogP) is 1.70. The van der Waals surface area contributed by atoms with Crippen molar-refractivity contribution in [2.24, 2.45) is 0 Å². The van der Waals surface area contributed by atoms with Crippen LogP contribution in [0.5, 0.6) is 0 Å². The van der Waals surface area contributed by atoms with Crippen LogP contribution >= 0.6 is 11.8 Å². The first-order valence-corrected chi connectivity index (χ1v) is 7.93. The Morgan fingerprint density at radius 2 is 2.14 bits per heavy atom. The van der Waals surface area contributed by atoms with Crippen molar-refractivity contribution in [1.29, 1.82) is 0 Å². The first-order chi connectivity index (χ1) is 10.7. The molecule has 7 heteroatoms. The van der Waals surface area contributed by atoms with Gasteiger partial charge in [-0.2, -0.15) is 0 Å². The van der Waals surface area contributed by atoms with Crippen LogP contribution in [0.15, 0.2) is 34.2 Å². The van der Waals surface area contributed by atoms with E-state index in [4.69, 9.17) is 9.47 Å². The van der Waals surface area contributed by atoms with E-state index in [-0.39, 0.29) is 17.3 Å². The van der Waals surface area contributed by atoms with Crippen molar-refractivity contribution in [2.75, 3.05) is 26.1 Å².